The molecule has 0 unspecified atom stereocenters. The number of rotatable bonds is 14. The van der Waals surface area contributed by atoms with E-state index in [2.05, 4.69) is 6.92 Å². The highest BCUT2D eigenvalue weighted by Crippen LogP contribution is 2.12. The minimum Gasteiger partial charge on any atom is -0.160 e. The molecule has 0 N–H and O–H groups in total. The maximum absolute atomic E-state index is 8.48. The molecule has 1 heteroatoms. The summed E-state index contributed by atoms with van der Waals surface area (Å²) in [7, 11) is 0. The summed E-state index contributed by atoms with van der Waals surface area (Å²) in [6.07, 6.45) is 22.2. The van der Waals surface area contributed by atoms with Crippen LogP contribution in [0.4, 0.5) is 0 Å². The van der Waals surface area contributed by atoms with E-state index in [0.717, 1.165) is 6.42 Å². The summed E-state index contributed by atoms with van der Waals surface area (Å²) < 4.78 is 0. The Balaban J connectivity index is 2.90. The Morgan fingerprint density at radius 1 is 0.611 bits per heavy atom. The molecule has 0 aliphatic carbocycles. The molecule has 0 spiro atoms. The molecule has 0 aliphatic rings. The molecular weight excluding hydrogens is 218 g/mol. The number of hydrogen-bond donors (Lipinski definition) is 0. The van der Waals surface area contributed by atoms with Crippen molar-refractivity contribution in [2.45, 2.75) is 96.8 Å². The summed E-state index contributed by atoms with van der Waals surface area (Å²) in [5.74, 6) is 0. The standard InChI is InChI=1S/C17H33N/c1-2-3-4-5-6-7-8-9-10-11-12-13-14-15-16-17-18/h16-17H,2-15H2,1H3/b17-16+. The number of allylic oxidation sites excluding steroid dienone is 1. The van der Waals surface area contributed by atoms with Gasteiger partial charge >= 0.3 is 0 Å². The first-order chi connectivity index (χ1) is 8.91. The minimum atomic E-state index is 1.04. The summed E-state index contributed by atoms with van der Waals surface area (Å²) in [5, 5.41) is 0. The molecule has 0 aromatic rings. The summed E-state index contributed by atoms with van der Waals surface area (Å²) in [4.78, 5) is 0. The average Bonchev–Trinajstić information content (AvgIpc) is 2.39. The summed E-state index contributed by atoms with van der Waals surface area (Å²) >= 11 is 0. The molecule has 0 fully saturated rings. The minimum absolute atomic E-state index is 1.04. The van der Waals surface area contributed by atoms with Crippen molar-refractivity contribution in [3.8, 4) is 0 Å². The van der Waals surface area contributed by atoms with E-state index in [9.17, 15) is 0 Å². The van der Waals surface area contributed by atoms with Crippen molar-refractivity contribution in [3.05, 3.63) is 12.3 Å². The van der Waals surface area contributed by atoms with Crippen molar-refractivity contribution < 1.29 is 0 Å². The van der Waals surface area contributed by atoms with Crippen molar-refractivity contribution in [2.24, 2.45) is 0 Å². The molecule has 0 aromatic heterocycles. The van der Waals surface area contributed by atoms with Gasteiger partial charge in [-0.3, -0.25) is 0 Å². The van der Waals surface area contributed by atoms with Crippen LogP contribution in [0.15, 0.2) is 12.3 Å². The Bertz CT molecular complexity index is 163. The molecule has 1 nitrogen and oxygen atoms in total. The van der Waals surface area contributed by atoms with Crippen molar-refractivity contribution in [1.29, 1.82) is 0 Å². The molecule has 18 heavy (non-hydrogen) atoms. The number of hydrogen-bond acceptors (Lipinski definition) is 0. The van der Waals surface area contributed by atoms with Gasteiger partial charge < -0.3 is 0 Å². The zero-order valence-corrected chi connectivity index (χ0v) is 12.5. The van der Waals surface area contributed by atoms with Gasteiger partial charge in [-0.15, -0.1) is 0 Å². The van der Waals surface area contributed by atoms with Gasteiger partial charge in [0.2, 0.25) is 0 Å². The van der Waals surface area contributed by atoms with Gasteiger partial charge in [0, 0.05) is 6.20 Å². The lowest BCUT2D eigenvalue weighted by Crippen LogP contribution is -1.82. The van der Waals surface area contributed by atoms with E-state index in [-0.39, 0.29) is 0 Å². The molecule has 0 aromatic carbocycles. The SMILES string of the molecule is CCCCCCCCCCCCCCC/C=C/[N]. The Labute approximate surface area is 115 Å². The largest absolute Gasteiger partial charge is 0.160 e. The summed E-state index contributed by atoms with van der Waals surface area (Å²) in [6, 6.07) is 0. The van der Waals surface area contributed by atoms with Gasteiger partial charge in [0.1, 0.15) is 0 Å². The fourth-order valence-electron chi connectivity index (χ4n) is 2.35. The highest BCUT2D eigenvalue weighted by molar-refractivity contribution is 4.74. The van der Waals surface area contributed by atoms with Crippen LogP contribution in [-0.2, 0) is 0 Å². The van der Waals surface area contributed by atoms with Crippen LogP contribution >= 0.6 is 0 Å². The second-order valence-electron chi connectivity index (χ2n) is 5.42. The monoisotopic (exact) mass is 251 g/mol. The normalized spacial score (nSPS) is 11.4. The van der Waals surface area contributed by atoms with E-state index < -0.39 is 0 Å². The fourth-order valence-corrected chi connectivity index (χ4v) is 2.35. The third kappa shape index (κ3) is 15.5. The van der Waals surface area contributed by atoms with Gasteiger partial charge in [-0.2, -0.15) is 5.73 Å². The van der Waals surface area contributed by atoms with Crippen LogP contribution in [0.3, 0.4) is 0 Å². The Hall–Kier alpha value is -0.460. The van der Waals surface area contributed by atoms with Crippen LogP contribution in [0.2, 0.25) is 0 Å². The van der Waals surface area contributed by atoms with Crippen LogP contribution in [-0.4, -0.2) is 0 Å². The van der Waals surface area contributed by atoms with E-state index in [1.807, 2.05) is 6.08 Å². The first-order valence-electron chi connectivity index (χ1n) is 8.21. The maximum Gasteiger partial charge on any atom is 0.0455 e. The molecule has 0 aliphatic heterocycles. The van der Waals surface area contributed by atoms with Gasteiger partial charge in [0.05, 0.1) is 0 Å². The lowest BCUT2D eigenvalue weighted by Gasteiger charge is -2.02. The van der Waals surface area contributed by atoms with Crippen molar-refractivity contribution in [1.82, 2.24) is 5.73 Å². The van der Waals surface area contributed by atoms with Crippen molar-refractivity contribution >= 4 is 0 Å². The average molecular weight is 251 g/mol. The second kappa shape index (κ2) is 16.5. The Morgan fingerprint density at radius 2 is 1.00 bits per heavy atom. The zero-order chi connectivity index (χ0) is 13.3. The van der Waals surface area contributed by atoms with Gasteiger partial charge in [-0.25, -0.2) is 0 Å². The molecule has 106 valence electrons. The first kappa shape index (κ1) is 17.5. The van der Waals surface area contributed by atoms with E-state index in [0.29, 0.717) is 0 Å². The Morgan fingerprint density at radius 3 is 1.39 bits per heavy atom. The molecule has 0 saturated heterocycles. The predicted octanol–water partition coefficient (Wildman–Crippen LogP) is 6.05. The van der Waals surface area contributed by atoms with Gasteiger partial charge in [-0.1, -0.05) is 90.0 Å². The third-order valence-electron chi connectivity index (χ3n) is 3.58. The van der Waals surface area contributed by atoms with Crippen LogP contribution in [0, 0.1) is 0 Å². The quantitative estimate of drug-likeness (QED) is 0.335. The van der Waals surface area contributed by atoms with E-state index in [1.165, 1.54) is 89.7 Å². The first-order valence-corrected chi connectivity index (χ1v) is 8.21. The molecule has 0 bridgehead atoms. The third-order valence-corrected chi connectivity index (χ3v) is 3.58. The van der Waals surface area contributed by atoms with Gasteiger partial charge in [-0.05, 0) is 12.8 Å². The van der Waals surface area contributed by atoms with Crippen molar-refractivity contribution in [2.75, 3.05) is 0 Å². The summed E-state index contributed by atoms with van der Waals surface area (Å²) in [5.41, 5.74) is 8.48. The van der Waals surface area contributed by atoms with Crippen LogP contribution in [0.1, 0.15) is 96.8 Å². The number of unbranched alkanes of at least 4 members (excludes halogenated alkanes) is 13. The summed E-state index contributed by atoms with van der Waals surface area (Å²) in [6.45, 7) is 2.28. The number of nitrogens with zero attached hydrogens (tertiary/aromatic N) is 1. The molecule has 0 heterocycles. The maximum atomic E-state index is 8.48. The van der Waals surface area contributed by atoms with E-state index in [4.69, 9.17) is 5.73 Å². The highest BCUT2D eigenvalue weighted by atomic mass is 14.5. The zero-order valence-electron chi connectivity index (χ0n) is 12.5. The predicted molar refractivity (Wildman–Crippen MR) is 81.6 cm³/mol. The molecule has 2 radical (unpaired) electrons. The van der Waals surface area contributed by atoms with E-state index in [1.54, 1.807) is 0 Å². The second-order valence-corrected chi connectivity index (χ2v) is 5.42. The van der Waals surface area contributed by atoms with Crippen LogP contribution in [0.25, 0.3) is 0 Å². The van der Waals surface area contributed by atoms with Crippen molar-refractivity contribution in [3.63, 3.8) is 0 Å². The highest BCUT2D eigenvalue weighted by Gasteiger charge is 1.93. The van der Waals surface area contributed by atoms with Gasteiger partial charge in [0.25, 0.3) is 0 Å². The fraction of sp³-hybridized carbons (Fsp3) is 0.882. The molecular formula is C17H33N. The van der Waals surface area contributed by atoms with Crippen LogP contribution in [0.5, 0.6) is 0 Å². The molecule has 0 atom stereocenters. The molecule has 0 saturated carbocycles. The Kier molecular flexibility index (Phi) is 16.1. The van der Waals surface area contributed by atoms with Crippen LogP contribution < -0.4 is 5.73 Å². The molecule has 0 amide bonds. The topological polar surface area (TPSA) is 22.3 Å². The van der Waals surface area contributed by atoms with Gasteiger partial charge in [0.15, 0.2) is 0 Å². The lowest BCUT2D eigenvalue weighted by atomic mass is 10.0. The van der Waals surface area contributed by atoms with E-state index >= 15 is 0 Å². The molecule has 0 rings (SSSR count). The lowest BCUT2D eigenvalue weighted by molar-refractivity contribution is 0.540. The smallest absolute Gasteiger partial charge is 0.0455 e.